The minimum Gasteiger partial charge on any atom is -0.384 e. The smallest absolute Gasteiger partial charge is 0.289 e. The summed E-state index contributed by atoms with van der Waals surface area (Å²) in [6.45, 7) is 2.27. The number of nitrogens with one attached hydrogen (secondary N) is 1. The molecule has 1 rings (SSSR count). The second-order valence-corrected chi connectivity index (χ2v) is 5.59. The number of anilines is 1. The number of hydrogen-bond donors (Lipinski definition) is 1. The SMILES string of the molecule is CC(CNc1ccc(C#N)c([N+](=O)[O-])c1)S(C)=O. The number of nitrogens with zero attached hydrogens (tertiary/aromatic N) is 2. The van der Waals surface area contributed by atoms with Crippen LogP contribution in [-0.2, 0) is 10.8 Å². The third-order valence-electron chi connectivity index (χ3n) is 2.48. The molecule has 1 aromatic carbocycles. The van der Waals surface area contributed by atoms with Crippen LogP contribution in [0.5, 0.6) is 0 Å². The molecule has 0 amide bonds. The first kappa shape index (κ1) is 14.1. The van der Waals surface area contributed by atoms with E-state index >= 15 is 0 Å². The molecule has 2 unspecified atom stereocenters. The molecule has 1 N–H and O–H groups in total. The fourth-order valence-electron chi connectivity index (χ4n) is 1.27. The van der Waals surface area contributed by atoms with Gasteiger partial charge in [-0.1, -0.05) is 0 Å². The lowest BCUT2D eigenvalue weighted by atomic mass is 10.2. The van der Waals surface area contributed by atoms with E-state index in [1.807, 2.05) is 6.92 Å². The summed E-state index contributed by atoms with van der Waals surface area (Å²) in [5.74, 6) is 0. The van der Waals surface area contributed by atoms with Crippen LogP contribution in [0.25, 0.3) is 0 Å². The minimum atomic E-state index is -0.953. The van der Waals surface area contributed by atoms with E-state index in [0.29, 0.717) is 12.2 Å². The van der Waals surface area contributed by atoms with Gasteiger partial charge in [0.1, 0.15) is 11.6 Å². The Kier molecular flexibility index (Phi) is 4.80. The van der Waals surface area contributed by atoms with Gasteiger partial charge in [-0.3, -0.25) is 14.3 Å². The number of nitro groups is 1. The molecule has 0 aliphatic carbocycles. The Labute approximate surface area is 107 Å². The van der Waals surface area contributed by atoms with Crippen LogP contribution < -0.4 is 5.32 Å². The lowest BCUT2D eigenvalue weighted by Gasteiger charge is -2.11. The molecule has 0 aromatic heterocycles. The van der Waals surface area contributed by atoms with Crippen molar-refractivity contribution in [2.75, 3.05) is 18.1 Å². The molecule has 0 bridgehead atoms. The quantitative estimate of drug-likeness (QED) is 0.646. The average Bonchev–Trinajstić information content (AvgIpc) is 2.35. The molecule has 0 fully saturated rings. The van der Waals surface area contributed by atoms with Crippen molar-refractivity contribution in [3.8, 4) is 6.07 Å². The van der Waals surface area contributed by atoms with Crippen molar-refractivity contribution in [3.05, 3.63) is 33.9 Å². The van der Waals surface area contributed by atoms with Crippen LogP contribution in [0.2, 0.25) is 0 Å². The van der Waals surface area contributed by atoms with Crippen LogP contribution in [0.15, 0.2) is 18.2 Å². The number of rotatable bonds is 5. The van der Waals surface area contributed by atoms with E-state index < -0.39 is 15.7 Å². The van der Waals surface area contributed by atoms with Crippen LogP contribution in [0.3, 0.4) is 0 Å². The zero-order chi connectivity index (χ0) is 13.7. The molecule has 0 saturated carbocycles. The topological polar surface area (TPSA) is 96.0 Å². The Hall–Kier alpha value is -1.94. The molecule has 1 aromatic rings. The van der Waals surface area contributed by atoms with Crippen molar-refractivity contribution < 1.29 is 9.13 Å². The minimum absolute atomic E-state index is 0.0256. The molecule has 0 aliphatic rings. The molecule has 0 aliphatic heterocycles. The molecule has 0 spiro atoms. The maximum atomic E-state index is 11.2. The summed E-state index contributed by atoms with van der Waals surface area (Å²) in [5.41, 5.74) is 0.337. The van der Waals surface area contributed by atoms with Crippen LogP contribution in [0, 0.1) is 21.4 Å². The Balaban J connectivity index is 2.86. The molecular weight excluding hydrogens is 254 g/mol. The number of nitro benzene ring substituents is 1. The predicted molar refractivity (Wildman–Crippen MR) is 69.8 cm³/mol. The Morgan fingerprint density at radius 1 is 1.61 bits per heavy atom. The maximum absolute atomic E-state index is 11.2. The second kappa shape index (κ2) is 6.12. The molecule has 0 radical (unpaired) electrons. The van der Waals surface area contributed by atoms with Gasteiger partial charge in [-0.25, -0.2) is 0 Å². The Bertz CT molecular complexity index is 525. The highest BCUT2D eigenvalue weighted by Gasteiger charge is 2.14. The van der Waals surface area contributed by atoms with E-state index in [2.05, 4.69) is 5.32 Å². The van der Waals surface area contributed by atoms with Gasteiger partial charge >= 0.3 is 0 Å². The molecule has 6 nitrogen and oxygen atoms in total. The first-order chi connectivity index (χ1) is 8.45. The van der Waals surface area contributed by atoms with Crippen molar-refractivity contribution in [2.45, 2.75) is 12.2 Å². The van der Waals surface area contributed by atoms with Gasteiger partial charge in [0.15, 0.2) is 0 Å². The summed E-state index contributed by atoms with van der Waals surface area (Å²) >= 11 is 0. The van der Waals surface area contributed by atoms with E-state index in [-0.39, 0.29) is 16.5 Å². The van der Waals surface area contributed by atoms with Crippen LogP contribution >= 0.6 is 0 Å². The molecule has 0 heterocycles. The molecule has 2 atom stereocenters. The van der Waals surface area contributed by atoms with E-state index in [1.54, 1.807) is 18.4 Å². The average molecular weight is 267 g/mol. The van der Waals surface area contributed by atoms with Crippen molar-refractivity contribution in [1.29, 1.82) is 5.26 Å². The van der Waals surface area contributed by atoms with Gasteiger partial charge in [-0.2, -0.15) is 5.26 Å². The molecule has 0 saturated heterocycles. The van der Waals surface area contributed by atoms with Gasteiger partial charge in [0, 0.05) is 40.6 Å². The number of benzene rings is 1. The molecule has 7 heteroatoms. The second-order valence-electron chi connectivity index (χ2n) is 3.79. The van der Waals surface area contributed by atoms with Gasteiger partial charge in [0.05, 0.1) is 4.92 Å². The summed E-state index contributed by atoms with van der Waals surface area (Å²) < 4.78 is 11.2. The predicted octanol–water partition coefficient (Wildman–Crippen LogP) is 1.65. The van der Waals surface area contributed by atoms with E-state index in [0.717, 1.165) is 0 Å². The zero-order valence-corrected chi connectivity index (χ0v) is 10.9. The summed E-state index contributed by atoms with van der Waals surface area (Å²) in [6.07, 6.45) is 1.60. The Morgan fingerprint density at radius 2 is 2.28 bits per heavy atom. The standard InChI is InChI=1S/C11H13N3O3S/c1-8(18(2)17)7-13-10-4-3-9(6-12)11(5-10)14(15)16/h3-5,8,13H,7H2,1-2H3. The van der Waals surface area contributed by atoms with Gasteiger partial charge in [0.2, 0.25) is 0 Å². The summed E-state index contributed by atoms with van der Waals surface area (Å²) in [5, 5.41) is 22.4. The highest BCUT2D eigenvalue weighted by atomic mass is 32.2. The van der Waals surface area contributed by atoms with Crippen molar-refractivity contribution >= 4 is 22.2 Å². The number of hydrogen-bond acceptors (Lipinski definition) is 5. The lowest BCUT2D eigenvalue weighted by molar-refractivity contribution is -0.385. The summed E-state index contributed by atoms with van der Waals surface area (Å²) in [4.78, 5) is 10.2. The zero-order valence-electron chi connectivity index (χ0n) is 10.0. The lowest BCUT2D eigenvalue weighted by Crippen LogP contribution is -2.20. The fraction of sp³-hybridized carbons (Fsp3) is 0.364. The van der Waals surface area contributed by atoms with Crippen molar-refractivity contribution in [3.63, 3.8) is 0 Å². The van der Waals surface area contributed by atoms with Crippen LogP contribution in [0.4, 0.5) is 11.4 Å². The van der Waals surface area contributed by atoms with E-state index in [1.165, 1.54) is 12.1 Å². The van der Waals surface area contributed by atoms with Gasteiger partial charge in [0.25, 0.3) is 5.69 Å². The molecular formula is C11H13N3O3S. The largest absolute Gasteiger partial charge is 0.384 e. The highest BCUT2D eigenvalue weighted by molar-refractivity contribution is 7.84. The Morgan fingerprint density at radius 3 is 2.78 bits per heavy atom. The number of nitriles is 1. The third-order valence-corrected chi connectivity index (χ3v) is 3.78. The third kappa shape index (κ3) is 3.53. The van der Waals surface area contributed by atoms with Crippen molar-refractivity contribution in [2.24, 2.45) is 0 Å². The first-order valence-corrected chi connectivity index (χ1v) is 6.82. The van der Waals surface area contributed by atoms with Crippen LogP contribution in [-0.4, -0.2) is 27.2 Å². The summed E-state index contributed by atoms with van der Waals surface area (Å²) in [7, 11) is -0.953. The van der Waals surface area contributed by atoms with Crippen molar-refractivity contribution in [1.82, 2.24) is 0 Å². The van der Waals surface area contributed by atoms with Crippen LogP contribution in [0.1, 0.15) is 12.5 Å². The fourth-order valence-corrected chi connectivity index (χ4v) is 1.58. The normalized spacial score (nSPS) is 13.4. The van der Waals surface area contributed by atoms with Gasteiger partial charge < -0.3 is 5.32 Å². The van der Waals surface area contributed by atoms with Gasteiger partial charge in [-0.15, -0.1) is 0 Å². The van der Waals surface area contributed by atoms with Gasteiger partial charge in [-0.05, 0) is 19.1 Å². The highest BCUT2D eigenvalue weighted by Crippen LogP contribution is 2.22. The maximum Gasteiger partial charge on any atom is 0.289 e. The first-order valence-electron chi connectivity index (χ1n) is 5.20. The monoisotopic (exact) mass is 267 g/mol. The molecule has 96 valence electrons. The van der Waals surface area contributed by atoms with E-state index in [4.69, 9.17) is 5.26 Å². The summed E-state index contributed by atoms with van der Waals surface area (Å²) in [6, 6.07) is 6.07. The van der Waals surface area contributed by atoms with E-state index in [9.17, 15) is 14.3 Å². The molecule has 18 heavy (non-hydrogen) atoms.